The molecule has 0 bridgehead atoms. The van der Waals surface area contributed by atoms with E-state index in [0.29, 0.717) is 11.8 Å². The molecule has 1 saturated heterocycles. The van der Waals surface area contributed by atoms with Crippen molar-refractivity contribution in [1.82, 2.24) is 5.32 Å². The molecule has 1 heterocycles. The van der Waals surface area contributed by atoms with Crippen molar-refractivity contribution in [2.75, 3.05) is 13.1 Å². The number of benzene rings is 2. The molecule has 2 heteroatoms. The Bertz CT molecular complexity index is 635. The van der Waals surface area contributed by atoms with E-state index in [4.69, 9.17) is 11.6 Å². The van der Waals surface area contributed by atoms with E-state index in [2.05, 4.69) is 49.5 Å². The van der Waals surface area contributed by atoms with Crippen LogP contribution in [0, 0.1) is 13.8 Å². The smallest absolute Gasteiger partial charge is 0.0441 e. The van der Waals surface area contributed by atoms with Crippen molar-refractivity contribution in [2.24, 2.45) is 0 Å². The lowest BCUT2D eigenvalue weighted by molar-refractivity contribution is 0.404. The summed E-state index contributed by atoms with van der Waals surface area (Å²) in [6, 6.07) is 15.2. The molecule has 1 nitrogen and oxygen atoms in total. The highest BCUT2D eigenvalue weighted by molar-refractivity contribution is 6.31. The Morgan fingerprint density at radius 1 is 1.00 bits per heavy atom. The van der Waals surface area contributed by atoms with Gasteiger partial charge in [-0.1, -0.05) is 48.0 Å². The average Bonchev–Trinajstić information content (AvgIpc) is 2.51. The Kier molecular flexibility index (Phi) is 4.32. The second-order valence-corrected chi connectivity index (χ2v) is 6.48. The molecule has 2 atom stereocenters. The summed E-state index contributed by atoms with van der Waals surface area (Å²) >= 11 is 6.44. The minimum absolute atomic E-state index is 0.453. The van der Waals surface area contributed by atoms with Gasteiger partial charge in [-0.3, -0.25) is 0 Å². The van der Waals surface area contributed by atoms with Crippen molar-refractivity contribution in [3.63, 3.8) is 0 Å². The molecule has 0 radical (unpaired) electrons. The Hall–Kier alpha value is -1.31. The Morgan fingerprint density at radius 2 is 1.81 bits per heavy atom. The predicted molar refractivity (Wildman–Crippen MR) is 90.3 cm³/mol. The molecular formula is C19H22ClN. The Balaban J connectivity index is 1.98. The van der Waals surface area contributed by atoms with Crippen molar-refractivity contribution in [1.29, 1.82) is 0 Å². The van der Waals surface area contributed by atoms with Gasteiger partial charge in [0.15, 0.2) is 0 Å². The summed E-state index contributed by atoms with van der Waals surface area (Å²) in [4.78, 5) is 0. The van der Waals surface area contributed by atoms with E-state index in [9.17, 15) is 0 Å². The maximum Gasteiger partial charge on any atom is 0.0441 e. The summed E-state index contributed by atoms with van der Waals surface area (Å²) in [6.07, 6.45) is 1.17. The van der Waals surface area contributed by atoms with E-state index in [-0.39, 0.29) is 0 Å². The zero-order chi connectivity index (χ0) is 14.8. The highest BCUT2D eigenvalue weighted by Gasteiger charge is 2.29. The molecule has 1 aliphatic heterocycles. The lowest BCUT2D eigenvalue weighted by Crippen LogP contribution is -2.34. The summed E-state index contributed by atoms with van der Waals surface area (Å²) < 4.78 is 0. The van der Waals surface area contributed by atoms with Crippen LogP contribution in [0.1, 0.15) is 40.5 Å². The lowest BCUT2D eigenvalue weighted by Gasteiger charge is -2.33. The highest BCUT2D eigenvalue weighted by atomic mass is 35.5. The van der Waals surface area contributed by atoms with Crippen LogP contribution in [0.3, 0.4) is 0 Å². The zero-order valence-corrected chi connectivity index (χ0v) is 13.5. The molecular weight excluding hydrogens is 278 g/mol. The van der Waals surface area contributed by atoms with Crippen molar-refractivity contribution in [3.8, 4) is 0 Å². The molecule has 1 N–H and O–H groups in total. The van der Waals surface area contributed by atoms with Crippen LogP contribution in [0.5, 0.6) is 0 Å². The van der Waals surface area contributed by atoms with Gasteiger partial charge in [0.1, 0.15) is 0 Å². The number of nitrogens with one attached hydrogen (secondary N) is 1. The SMILES string of the molecule is Cc1ccc(C2CCNCC2c2ccccc2Cl)cc1C. The lowest BCUT2D eigenvalue weighted by atomic mass is 9.77. The van der Waals surface area contributed by atoms with Gasteiger partial charge >= 0.3 is 0 Å². The van der Waals surface area contributed by atoms with Gasteiger partial charge in [0.25, 0.3) is 0 Å². The van der Waals surface area contributed by atoms with Gasteiger partial charge in [-0.2, -0.15) is 0 Å². The number of aryl methyl sites for hydroxylation is 2. The molecule has 21 heavy (non-hydrogen) atoms. The van der Waals surface area contributed by atoms with Crippen molar-refractivity contribution in [2.45, 2.75) is 32.1 Å². The fourth-order valence-corrected chi connectivity index (χ4v) is 3.63. The van der Waals surface area contributed by atoms with Gasteiger partial charge < -0.3 is 5.32 Å². The summed E-state index contributed by atoms with van der Waals surface area (Å²) in [6.45, 7) is 6.46. The van der Waals surface area contributed by atoms with Crippen molar-refractivity contribution >= 4 is 11.6 Å². The first-order chi connectivity index (χ1) is 10.2. The van der Waals surface area contributed by atoms with Crippen molar-refractivity contribution < 1.29 is 0 Å². The van der Waals surface area contributed by atoms with Crippen LogP contribution < -0.4 is 5.32 Å². The second kappa shape index (κ2) is 6.21. The van der Waals surface area contributed by atoms with E-state index >= 15 is 0 Å². The molecule has 110 valence electrons. The third-order valence-corrected chi connectivity index (χ3v) is 5.09. The highest BCUT2D eigenvalue weighted by Crippen LogP contribution is 2.40. The molecule has 0 aliphatic carbocycles. The zero-order valence-electron chi connectivity index (χ0n) is 12.7. The standard InChI is InChI=1S/C19H22ClN/c1-13-7-8-15(11-14(13)2)16-9-10-21-12-18(16)17-5-3-4-6-19(17)20/h3-8,11,16,18,21H,9-10,12H2,1-2H3. The normalized spacial score (nSPS) is 22.2. The number of halogens is 1. The summed E-state index contributed by atoms with van der Waals surface area (Å²) in [7, 11) is 0. The quantitative estimate of drug-likeness (QED) is 0.838. The van der Waals surface area contributed by atoms with Crippen LogP contribution in [0.15, 0.2) is 42.5 Å². The van der Waals surface area contributed by atoms with Crippen LogP contribution in [-0.2, 0) is 0 Å². The van der Waals surface area contributed by atoms with Crippen LogP contribution >= 0.6 is 11.6 Å². The molecule has 2 unspecified atom stereocenters. The third-order valence-electron chi connectivity index (χ3n) is 4.75. The fraction of sp³-hybridized carbons (Fsp3) is 0.368. The third kappa shape index (κ3) is 3.00. The first-order valence-electron chi connectivity index (χ1n) is 7.69. The van der Waals surface area contributed by atoms with Gasteiger partial charge in [0, 0.05) is 17.5 Å². The van der Waals surface area contributed by atoms with Crippen LogP contribution in [0.4, 0.5) is 0 Å². The van der Waals surface area contributed by atoms with Gasteiger partial charge in [-0.15, -0.1) is 0 Å². The molecule has 0 amide bonds. The molecule has 0 spiro atoms. The fourth-order valence-electron chi connectivity index (χ4n) is 3.36. The Morgan fingerprint density at radius 3 is 2.57 bits per heavy atom. The van der Waals surface area contributed by atoms with Crippen LogP contribution in [-0.4, -0.2) is 13.1 Å². The van der Waals surface area contributed by atoms with Crippen LogP contribution in [0.2, 0.25) is 5.02 Å². The largest absolute Gasteiger partial charge is 0.316 e. The molecule has 2 aromatic rings. The van der Waals surface area contributed by atoms with E-state index < -0.39 is 0 Å². The van der Waals surface area contributed by atoms with E-state index in [1.807, 2.05) is 12.1 Å². The van der Waals surface area contributed by atoms with Gasteiger partial charge in [-0.05, 0) is 61.1 Å². The summed E-state index contributed by atoms with van der Waals surface area (Å²) in [5, 5.41) is 4.42. The van der Waals surface area contributed by atoms with Gasteiger partial charge in [-0.25, -0.2) is 0 Å². The first-order valence-corrected chi connectivity index (χ1v) is 8.07. The van der Waals surface area contributed by atoms with E-state index in [1.165, 1.54) is 28.7 Å². The topological polar surface area (TPSA) is 12.0 Å². The Labute approximate surface area is 132 Å². The average molecular weight is 300 g/mol. The van der Waals surface area contributed by atoms with E-state index in [0.717, 1.165) is 18.1 Å². The maximum atomic E-state index is 6.44. The van der Waals surface area contributed by atoms with E-state index in [1.54, 1.807) is 0 Å². The van der Waals surface area contributed by atoms with Gasteiger partial charge in [0.2, 0.25) is 0 Å². The minimum atomic E-state index is 0.453. The van der Waals surface area contributed by atoms with Gasteiger partial charge in [0.05, 0.1) is 0 Å². The number of hydrogen-bond donors (Lipinski definition) is 1. The first kappa shape index (κ1) is 14.6. The predicted octanol–water partition coefficient (Wildman–Crippen LogP) is 4.82. The monoisotopic (exact) mass is 299 g/mol. The number of hydrogen-bond acceptors (Lipinski definition) is 1. The molecule has 1 aliphatic rings. The molecule has 1 fully saturated rings. The summed E-state index contributed by atoms with van der Waals surface area (Å²) in [5.41, 5.74) is 5.46. The minimum Gasteiger partial charge on any atom is -0.316 e. The molecule has 0 aromatic heterocycles. The van der Waals surface area contributed by atoms with Crippen molar-refractivity contribution in [3.05, 3.63) is 69.7 Å². The molecule has 3 rings (SSSR count). The summed E-state index contributed by atoms with van der Waals surface area (Å²) in [5.74, 6) is 1.00. The second-order valence-electron chi connectivity index (χ2n) is 6.07. The number of rotatable bonds is 2. The number of piperidine rings is 1. The van der Waals surface area contributed by atoms with Crippen LogP contribution in [0.25, 0.3) is 0 Å². The molecule has 2 aromatic carbocycles. The maximum absolute atomic E-state index is 6.44. The molecule has 0 saturated carbocycles.